The van der Waals surface area contributed by atoms with E-state index in [4.69, 9.17) is 14.2 Å². The Morgan fingerprint density at radius 3 is 0.839 bits per heavy atom. The summed E-state index contributed by atoms with van der Waals surface area (Å²) in [4.78, 5) is 38.0. The second kappa shape index (κ2) is 47.4. The van der Waals surface area contributed by atoms with E-state index in [0.29, 0.717) is 19.3 Å². The first-order chi connectivity index (χ1) is 30.1. The molecule has 0 radical (unpaired) electrons. The van der Waals surface area contributed by atoms with Crippen LogP contribution in [0.15, 0.2) is 0 Å². The Hall–Kier alpha value is -1.59. The lowest BCUT2D eigenvalue weighted by atomic mass is 9.99. The lowest BCUT2D eigenvalue weighted by molar-refractivity contribution is -0.167. The van der Waals surface area contributed by atoms with Crippen LogP contribution in [0.1, 0.15) is 305 Å². The molecule has 0 spiro atoms. The Morgan fingerprint density at radius 1 is 0.323 bits per heavy atom. The highest BCUT2D eigenvalue weighted by atomic mass is 16.6. The van der Waals surface area contributed by atoms with Crippen LogP contribution in [0.5, 0.6) is 0 Å². The molecule has 62 heavy (non-hydrogen) atoms. The number of hydrogen-bond acceptors (Lipinski definition) is 6. The fourth-order valence-electron chi connectivity index (χ4n) is 8.44. The SMILES string of the molecule is CCC(C)CCCCCCCCCCCCC(=O)O[C@@H](COC(=O)CCCCCCCCCCCCCCCCCC(C)C)COC(=O)CCCCCCCCCCCC(C)C. The Balaban J connectivity index is 4.29. The minimum absolute atomic E-state index is 0.0642. The largest absolute Gasteiger partial charge is 0.462 e. The first-order valence-corrected chi connectivity index (χ1v) is 27.6. The van der Waals surface area contributed by atoms with Crippen molar-refractivity contribution in [2.75, 3.05) is 13.2 Å². The highest BCUT2D eigenvalue weighted by molar-refractivity contribution is 5.71. The summed E-state index contributed by atoms with van der Waals surface area (Å²) in [6.07, 6.45) is 48.0. The van der Waals surface area contributed by atoms with Crippen molar-refractivity contribution in [2.45, 2.75) is 311 Å². The number of ether oxygens (including phenoxy) is 3. The number of hydrogen-bond donors (Lipinski definition) is 0. The summed E-state index contributed by atoms with van der Waals surface area (Å²) >= 11 is 0. The molecule has 0 amide bonds. The molecule has 0 rings (SSSR count). The molecule has 0 aromatic heterocycles. The molecule has 0 saturated carbocycles. The number of esters is 3. The van der Waals surface area contributed by atoms with Gasteiger partial charge in [-0.25, -0.2) is 0 Å². The highest BCUT2D eigenvalue weighted by Crippen LogP contribution is 2.18. The molecule has 1 unspecified atom stereocenters. The monoisotopic (exact) mass is 877 g/mol. The van der Waals surface area contributed by atoms with Gasteiger partial charge >= 0.3 is 17.9 Å². The van der Waals surface area contributed by atoms with E-state index in [9.17, 15) is 14.4 Å². The third-order valence-corrected chi connectivity index (χ3v) is 13.0. The van der Waals surface area contributed by atoms with Crippen LogP contribution >= 0.6 is 0 Å². The van der Waals surface area contributed by atoms with Crippen LogP contribution in [0.4, 0.5) is 0 Å². The van der Waals surface area contributed by atoms with Crippen LogP contribution < -0.4 is 0 Å². The van der Waals surface area contributed by atoms with Gasteiger partial charge in [0.05, 0.1) is 0 Å². The number of rotatable bonds is 49. The molecule has 6 nitrogen and oxygen atoms in total. The first-order valence-electron chi connectivity index (χ1n) is 27.6. The summed E-state index contributed by atoms with van der Waals surface area (Å²) in [5.41, 5.74) is 0. The van der Waals surface area contributed by atoms with E-state index >= 15 is 0 Å². The van der Waals surface area contributed by atoms with Crippen molar-refractivity contribution in [1.29, 1.82) is 0 Å². The van der Waals surface area contributed by atoms with E-state index in [1.54, 1.807) is 0 Å². The molecule has 0 aliphatic heterocycles. The van der Waals surface area contributed by atoms with Gasteiger partial charge in [0.2, 0.25) is 0 Å². The second-order valence-corrected chi connectivity index (χ2v) is 20.4. The predicted molar refractivity (Wildman–Crippen MR) is 266 cm³/mol. The minimum atomic E-state index is -0.763. The molecule has 0 N–H and O–H groups in total. The van der Waals surface area contributed by atoms with Crippen LogP contribution in [-0.4, -0.2) is 37.2 Å². The van der Waals surface area contributed by atoms with Gasteiger partial charge in [-0.3, -0.25) is 14.4 Å². The molecule has 368 valence electrons. The molecular formula is C56H108O6. The van der Waals surface area contributed by atoms with Gasteiger partial charge in [-0.05, 0) is 37.0 Å². The quantitative estimate of drug-likeness (QED) is 0.0344. The van der Waals surface area contributed by atoms with Gasteiger partial charge in [0, 0.05) is 19.3 Å². The molecule has 0 aliphatic carbocycles. The smallest absolute Gasteiger partial charge is 0.306 e. The molecule has 0 bridgehead atoms. The van der Waals surface area contributed by atoms with E-state index in [-0.39, 0.29) is 31.1 Å². The number of carbonyl (C=O) groups excluding carboxylic acids is 3. The topological polar surface area (TPSA) is 78.9 Å². The van der Waals surface area contributed by atoms with E-state index in [1.165, 1.54) is 186 Å². The minimum Gasteiger partial charge on any atom is -0.462 e. The molecule has 6 heteroatoms. The molecule has 0 aromatic rings. The standard InChI is InChI=1S/C56H108O6/c1-7-52(6)44-38-32-26-20-15-16-22-29-35-41-47-56(59)62-53(49-61-55(58)46-40-34-28-23-17-19-25-31-37-43-51(4)5)48-60-54(57)45-39-33-27-21-14-12-10-8-9-11-13-18-24-30-36-42-50(2)3/h50-53H,7-49H2,1-6H3/t52?,53-/m0/s1. The maximum Gasteiger partial charge on any atom is 0.306 e. The van der Waals surface area contributed by atoms with E-state index in [0.717, 1.165) is 75.5 Å². The highest BCUT2D eigenvalue weighted by Gasteiger charge is 2.19. The lowest BCUT2D eigenvalue weighted by Crippen LogP contribution is -2.30. The van der Waals surface area contributed by atoms with E-state index < -0.39 is 6.10 Å². The maximum absolute atomic E-state index is 12.8. The number of unbranched alkanes of at least 4 members (excludes halogenated alkanes) is 31. The van der Waals surface area contributed by atoms with Gasteiger partial charge in [0.1, 0.15) is 13.2 Å². The van der Waals surface area contributed by atoms with Crippen molar-refractivity contribution in [3.63, 3.8) is 0 Å². The zero-order valence-corrected chi connectivity index (χ0v) is 42.7. The Morgan fingerprint density at radius 2 is 0.565 bits per heavy atom. The van der Waals surface area contributed by atoms with Crippen molar-refractivity contribution in [1.82, 2.24) is 0 Å². The van der Waals surface area contributed by atoms with Crippen LogP contribution in [0.3, 0.4) is 0 Å². The zero-order valence-electron chi connectivity index (χ0n) is 42.7. The van der Waals surface area contributed by atoms with Gasteiger partial charge in [-0.15, -0.1) is 0 Å². The molecular weight excluding hydrogens is 769 g/mol. The second-order valence-electron chi connectivity index (χ2n) is 20.4. The average molecular weight is 877 g/mol. The first kappa shape index (κ1) is 60.4. The summed E-state index contributed by atoms with van der Waals surface area (Å²) in [7, 11) is 0. The molecule has 0 aromatic carbocycles. The van der Waals surface area contributed by atoms with Crippen LogP contribution in [0, 0.1) is 17.8 Å². The third kappa shape index (κ3) is 47.9. The number of carbonyl (C=O) groups is 3. The van der Waals surface area contributed by atoms with Gasteiger partial charge in [0.25, 0.3) is 0 Å². The maximum atomic E-state index is 12.8. The van der Waals surface area contributed by atoms with Gasteiger partial charge in [0.15, 0.2) is 6.10 Å². The van der Waals surface area contributed by atoms with Crippen LogP contribution in [0.25, 0.3) is 0 Å². The summed E-state index contributed by atoms with van der Waals surface area (Å²) in [6, 6.07) is 0. The van der Waals surface area contributed by atoms with Gasteiger partial charge in [-0.2, -0.15) is 0 Å². The predicted octanol–water partition coefficient (Wildman–Crippen LogP) is 17.9. The molecule has 0 fully saturated rings. The normalized spacial score (nSPS) is 12.6. The Bertz CT molecular complexity index is 962. The summed E-state index contributed by atoms with van der Waals surface area (Å²) < 4.78 is 16.9. The van der Waals surface area contributed by atoms with Crippen LogP contribution in [-0.2, 0) is 28.6 Å². The molecule has 0 aliphatic rings. The molecule has 0 heterocycles. The lowest BCUT2D eigenvalue weighted by Gasteiger charge is -2.18. The van der Waals surface area contributed by atoms with Crippen molar-refractivity contribution in [2.24, 2.45) is 17.8 Å². The van der Waals surface area contributed by atoms with Crippen molar-refractivity contribution in [3.8, 4) is 0 Å². The summed E-state index contributed by atoms with van der Waals surface area (Å²) in [6.45, 7) is 13.8. The van der Waals surface area contributed by atoms with Crippen molar-refractivity contribution < 1.29 is 28.6 Å². The Kier molecular flexibility index (Phi) is 46.2. The van der Waals surface area contributed by atoms with Crippen LogP contribution in [0.2, 0.25) is 0 Å². The van der Waals surface area contributed by atoms with Crippen molar-refractivity contribution >= 4 is 17.9 Å². The summed E-state index contributed by atoms with van der Waals surface area (Å²) in [5.74, 6) is 1.68. The summed E-state index contributed by atoms with van der Waals surface area (Å²) in [5, 5.41) is 0. The fourth-order valence-corrected chi connectivity index (χ4v) is 8.44. The molecule has 0 saturated heterocycles. The fraction of sp³-hybridized carbons (Fsp3) is 0.946. The van der Waals surface area contributed by atoms with Crippen molar-refractivity contribution in [3.05, 3.63) is 0 Å². The molecule has 2 atom stereocenters. The van der Waals surface area contributed by atoms with E-state index in [1.807, 2.05) is 0 Å². The zero-order chi connectivity index (χ0) is 45.6. The third-order valence-electron chi connectivity index (χ3n) is 13.0. The van der Waals surface area contributed by atoms with Gasteiger partial charge in [-0.1, -0.05) is 266 Å². The Labute approximate surface area is 387 Å². The van der Waals surface area contributed by atoms with E-state index in [2.05, 4.69) is 41.5 Å². The average Bonchev–Trinajstić information content (AvgIpc) is 3.24. The van der Waals surface area contributed by atoms with Gasteiger partial charge < -0.3 is 14.2 Å².